The first-order valence-electron chi connectivity index (χ1n) is 9.79. The normalized spacial score (nSPS) is 14.1. The molecule has 1 aliphatic rings. The average Bonchev–Trinajstić information content (AvgIpc) is 2.77. The topological polar surface area (TPSA) is 118 Å². The Bertz CT molecular complexity index is 923. The molecule has 166 valence electrons. The van der Waals surface area contributed by atoms with Crippen LogP contribution in [0.25, 0.3) is 0 Å². The fraction of sp³-hybridized carbons (Fsp3) is 0.364. The van der Waals surface area contributed by atoms with Gasteiger partial charge in [0.2, 0.25) is 5.75 Å². The van der Waals surface area contributed by atoms with Crippen LogP contribution in [0.4, 0.5) is 0 Å². The molecule has 1 aliphatic heterocycles. The van der Waals surface area contributed by atoms with Crippen LogP contribution in [0, 0.1) is 0 Å². The molecule has 2 aromatic carbocycles. The van der Waals surface area contributed by atoms with E-state index >= 15 is 0 Å². The van der Waals surface area contributed by atoms with Crippen molar-refractivity contribution in [1.29, 1.82) is 0 Å². The van der Waals surface area contributed by atoms with Gasteiger partial charge in [-0.1, -0.05) is 0 Å². The molecule has 0 aromatic heterocycles. The standard InChI is InChI=1S/C22H26N2O7/c1-29-18-10-13(11-19(30-2)20(18)31-3)21(27)23-15-4-6-24(7-5-15)22(28)14-8-16(25)12-17(26)9-14/h8-12,15,25-26H,4-7H2,1-3H3,(H,23,27). The number of carbonyl (C=O) groups excluding carboxylic acids is 2. The Labute approximate surface area is 180 Å². The maximum absolute atomic E-state index is 12.8. The van der Waals surface area contributed by atoms with E-state index in [0.717, 1.165) is 0 Å². The molecular formula is C22H26N2O7. The zero-order chi connectivity index (χ0) is 22.5. The Morgan fingerprint density at radius 1 is 0.871 bits per heavy atom. The fourth-order valence-corrected chi connectivity index (χ4v) is 3.61. The second-order valence-electron chi connectivity index (χ2n) is 7.19. The minimum absolute atomic E-state index is 0.103. The lowest BCUT2D eigenvalue weighted by Gasteiger charge is -2.32. The number of likely N-dealkylation sites (tertiary alicyclic amines) is 1. The van der Waals surface area contributed by atoms with Crippen LogP contribution < -0.4 is 19.5 Å². The van der Waals surface area contributed by atoms with Gasteiger partial charge in [0.05, 0.1) is 21.3 Å². The number of phenolic OH excluding ortho intramolecular Hbond substituents is 2. The summed E-state index contributed by atoms with van der Waals surface area (Å²) in [6.07, 6.45) is 1.15. The smallest absolute Gasteiger partial charge is 0.254 e. The molecule has 0 spiro atoms. The highest BCUT2D eigenvalue weighted by Gasteiger charge is 2.26. The van der Waals surface area contributed by atoms with Crippen molar-refractivity contribution in [3.05, 3.63) is 41.5 Å². The van der Waals surface area contributed by atoms with Crippen molar-refractivity contribution in [1.82, 2.24) is 10.2 Å². The number of benzene rings is 2. The number of hydrogen-bond acceptors (Lipinski definition) is 7. The van der Waals surface area contributed by atoms with Crippen molar-refractivity contribution >= 4 is 11.8 Å². The van der Waals surface area contributed by atoms with Gasteiger partial charge in [0.1, 0.15) is 11.5 Å². The van der Waals surface area contributed by atoms with E-state index in [-0.39, 0.29) is 34.9 Å². The molecule has 1 heterocycles. The van der Waals surface area contributed by atoms with Crippen LogP contribution in [0.2, 0.25) is 0 Å². The van der Waals surface area contributed by atoms with Crippen molar-refractivity contribution in [2.75, 3.05) is 34.4 Å². The number of aromatic hydroxyl groups is 2. The van der Waals surface area contributed by atoms with E-state index in [9.17, 15) is 19.8 Å². The van der Waals surface area contributed by atoms with Crippen LogP contribution in [-0.4, -0.2) is 67.4 Å². The van der Waals surface area contributed by atoms with E-state index in [1.807, 2.05) is 0 Å². The van der Waals surface area contributed by atoms with Crippen molar-refractivity contribution in [3.8, 4) is 28.7 Å². The summed E-state index contributed by atoms with van der Waals surface area (Å²) in [5, 5.41) is 22.2. The summed E-state index contributed by atoms with van der Waals surface area (Å²) < 4.78 is 15.9. The molecule has 1 saturated heterocycles. The number of methoxy groups -OCH3 is 3. The minimum Gasteiger partial charge on any atom is -0.508 e. The third-order valence-electron chi connectivity index (χ3n) is 5.19. The molecule has 0 atom stereocenters. The van der Waals surface area contributed by atoms with Gasteiger partial charge in [-0.15, -0.1) is 0 Å². The van der Waals surface area contributed by atoms with E-state index in [0.29, 0.717) is 48.7 Å². The van der Waals surface area contributed by atoms with E-state index in [1.54, 1.807) is 17.0 Å². The number of nitrogens with one attached hydrogen (secondary N) is 1. The van der Waals surface area contributed by atoms with E-state index in [4.69, 9.17) is 14.2 Å². The predicted molar refractivity (Wildman–Crippen MR) is 112 cm³/mol. The van der Waals surface area contributed by atoms with E-state index < -0.39 is 0 Å². The maximum atomic E-state index is 12.8. The monoisotopic (exact) mass is 430 g/mol. The van der Waals surface area contributed by atoms with Crippen LogP contribution in [0.1, 0.15) is 33.6 Å². The summed E-state index contributed by atoms with van der Waals surface area (Å²) in [4.78, 5) is 27.0. The van der Waals surface area contributed by atoms with Gasteiger partial charge in [-0.2, -0.15) is 0 Å². The summed E-state index contributed by atoms with van der Waals surface area (Å²) >= 11 is 0. The lowest BCUT2D eigenvalue weighted by atomic mass is 10.0. The van der Waals surface area contributed by atoms with Gasteiger partial charge in [-0.05, 0) is 37.1 Å². The van der Waals surface area contributed by atoms with E-state index in [1.165, 1.54) is 39.5 Å². The number of piperidine rings is 1. The number of carbonyl (C=O) groups is 2. The number of phenols is 2. The van der Waals surface area contributed by atoms with E-state index in [2.05, 4.69) is 5.32 Å². The number of nitrogens with zero attached hydrogens (tertiary/aromatic N) is 1. The molecule has 3 N–H and O–H groups in total. The Balaban J connectivity index is 1.63. The number of amides is 2. The zero-order valence-corrected chi connectivity index (χ0v) is 17.7. The molecule has 2 amide bonds. The number of ether oxygens (including phenoxy) is 3. The highest BCUT2D eigenvalue weighted by Crippen LogP contribution is 2.38. The first-order chi connectivity index (χ1) is 14.9. The molecule has 3 rings (SSSR count). The quantitative estimate of drug-likeness (QED) is 0.643. The van der Waals surface area contributed by atoms with Crippen LogP contribution in [0.3, 0.4) is 0 Å². The summed E-state index contributed by atoms with van der Waals surface area (Å²) in [7, 11) is 4.46. The van der Waals surface area contributed by atoms with Gasteiger partial charge >= 0.3 is 0 Å². The molecule has 0 aliphatic carbocycles. The Morgan fingerprint density at radius 2 is 1.42 bits per heavy atom. The van der Waals surface area contributed by atoms with Crippen molar-refractivity contribution in [2.24, 2.45) is 0 Å². The van der Waals surface area contributed by atoms with Crippen molar-refractivity contribution in [2.45, 2.75) is 18.9 Å². The Hall–Kier alpha value is -3.62. The highest BCUT2D eigenvalue weighted by atomic mass is 16.5. The molecule has 31 heavy (non-hydrogen) atoms. The molecule has 9 heteroatoms. The fourth-order valence-electron chi connectivity index (χ4n) is 3.61. The number of rotatable bonds is 6. The summed E-state index contributed by atoms with van der Waals surface area (Å²) in [6.45, 7) is 0.880. The second-order valence-corrected chi connectivity index (χ2v) is 7.19. The summed E-state index contributed by atoms with van der Waals surface area (Å²) in [5.41, 5.74) is 0.598. The highest BCUT2D eigenvalue weighted by molar-refractivity contribution is 5.96. The lowest BCUT2D eigenvalue weighted by molar-refractivity contribution is 0.0697. The van der Waals surface area contributed by atoms with Crippen molar-refractivity contribution < 1.29 is 34.0 Å². The van der Waals surface area contributed by atoms with Crippen LogP contribution in [0.15, 0.2) is 30.3 Å². The second kappa shape index (κ2) is 9.46. The zero-order valence-electron chi connectivity index (χ0n) is 17.7. The maximum Gasteiger partial charge on any atom is 0.254 e. The molecule has 0 bridgehead atoms. The Morgan fingerprint density at radius 3 is 1.90 bits per heavy atom. The van der Waals surface area contributed by atoms with Crippen LogP contribution >= 0.6 is 0 Å². The first kappa shape index (κ1) is 22.1. The minimum atomic E-state index is -0.277. The molecule has 1 fully saturated rings. The molecule has 2 aromatic rings. The van der Waals surface area contributed by atoms with Crippen molar-refractivity contribution in [3.63, 3.8) is 0 Å². The Kier molecular flexibility index (Phi) is 6.74. The van der Waals surface area contributed by atoms with Crippen LogP contribution in [-0.2, 0) is 0 Å². The molecule has 0 saturated carbocycles. The van der Waals surface area contributed by atoms with Gasteiger partial charge < -0.3 is 34.6 Å². The summed E-state index contributed by atoms with van der Waals surface area (Å²) in [5.74, 6) is 0.296. The van der Waals surface area contributed by atoms with Crippen LogP contribution in [0.5, 0.6) is 28.7 Å². The summed E-state index contributed by atoms with van der Waals surface area (Å²) in [6, 6.07) is 6.88. The molecule has 9 nitrogen and oxygen atoms in total. The third-order valence-corrected chi connectivity index (χ3v) is 5.19. The largest absolute Gasteiger partial charge is 0.508 e. The predicted octanol–water partition coefficient (Wildman–Crippen LogP) is 2.16. The first-order valence-corrected chi connectivity index (χ1v) is 9.79. The molecule has 0 unspecified atom stereocenters. The van der Waals surface area contributed by atoms with Gasteiger partial charge in [0, 0.05) is 36.3 Å². The van der Waals surface area contributed by atoms with Gasteiger partial charge in [-0.3, -0.25) is 9.59 Å². The number of hydrogen-bond donors (Lipinski definition) is 3. The molecule has 0 radical (unpaired) electrons. The third kappa shape index (κ3) is 4.93. The lowest BCUT2D eigenvalue weighted by Crippen LogP contribution is -2.46. The van der Waals surface area contributed by atoms with Gasteiger partial charge in [0.25, 0.3) is 11.8 Å². The van der Waals surface area contributed by atoms with Gasteiger partial charge in [-0.25, -0.2) is 0 Å². The SMILES string of the molecule is COc1cc(C(=O)NC2CCN(C(=O)c3cc(O)cc(O)c3)CC2)cc(OC)c1OC. The molecular weight excluding hydrogens is 404 g/mol. The van der Waals surface area contributed by atoms with Gasteiger partial charge in [0.15, 0.2) is 11.5 Å². The average molecular weight is 430 g/mol.